The highest BCUT2D eigenvalue weighted by Crippen LogP contribution is 2.47. The van der Waals surface area contributed by atoms with Gasteiger partial charge in [0, 0.05) is 25.7 Å². The number of halogens is 1. The van der Waals surface area contributed by atoms with Crippen molar-refractivity contribution in [3.8, 4) is 0 Å². The number of aromatic nitrogens is 2. The first-order valence-corrected chi connectivity index (χ1v) is 13.3. The normalized spacial score (nSPS) is 29.4. The molecule has 1 aliphatic heterocycles. The fraction of sp³-hybridized carbons (Fsp3) is 0.792. The minimum Gasteiger partial charge on any atom is -0.462 e. The lowest BCUT2D eigenvalue weighted by molar-refractivity contribution is -0.193. The van der Waals surface area contributed by atoms with Gasteiger partial charge in [0.2, 0.25) is 0 Å². The molecule has 10 nitrogen and oxygen atoms in total. The summed E-state index contributed by atoms with van der Waals surface area (Å²) >= 11 is 3.12. The van der Waals surface area contributed by atoms with Gasteiger partial charge in [-0.2, -0.15) is 0 Å². The standard InChI is InChI=1S/C24H39BrN4O6/c1-22(33)15-24(3,29-14-18(25)20(31)28-21(29)32)35-23(22,2)16-34-19(30)13-27-12-11-26-10-9-17-7-5-4-6-8-17/h14,17,26-27,33H,4-13,15-16H2,1-3H3,(H,28,31,32)/t22-,23+,24+/m0/s1. The molecule has 11 heteroatoms. The van der Waals surface area contributed by atoms with E-state index >= 15 is 0 Å². The minimum absolute atomic E-state index is 0.0477. The van der Waals surface area contributed by atoms with Crippen LogP contribution in [0.4, 0.5) is 0 Å². The number of nitrogens with zero attached hydrogens (tertiary/aromatic N) is 1. The molecule has 1 aromatic heterocycles. The number of hydrogen-bond donors (Lipinski definition) is 4. The third-order valence-electron chi connectivity index (χ3n) is 7.38. The van der Waals surface area contributed by atoms with Crippen molar-refractivity contribution in [2.45, 2.75) is 82.6 Å². The van der Waals surface area contributed by atoms with Crippen LogP contribution in [0.25, 0.3) is 0 Å². The first-order valence-electron chi connectivity index (χ1n) is 12.5. The average Bonchev–Trinajstić information content (AvgIpc) is 2.99. The van der Waals surface area contributed by atoms with Gasteiger partial charge in [-0.05, 0) is 55.6 Å². The summed E-state index contributed by atoms with van der Waals surface area (Å²) in [6.07, 6.45) is 9.38. The number of nitrogens with one attached hydrogen (secondary N) is 3. The van der Waals surface area contributed by atoms with E-state index in [1.165, 1.54) is 49.3 Å². The minimum atomic E-state index is -1.40. The number of carbonyl (C=O) groups excluding carboxylic acids is 1. The Kier molecular flexibility index (Phi) is 9.36. The van der Waals surface area contributed by atoms with Gasteiger partial charge in [0.15, 0.2) is 0 Å². The summed E-state index contributed by atoms with van der Waals surface area (Å²) in [6.45, 7) is 7.14. The highest BCUT2D eigenvalue weighted by molar-refractivity contribution is 9.10. The maximum atomic E-state index is 12.4. The number of carbonyl (C=O) groups is 1. The van der Waals surface area contributed by atoms with Crippen LogP contribution in [-0.4, -0.2) is 64.6 Å². The van der Waals surface area contributed by atoms with Crippen LogP contribution in [0, 0.1) is 5.92 Å². The monoisotopic (exact) mass is 558 g/mol. The summed E-state index contributed by atoms with van der Waals surface area (Å²) in [4.78, 5) is 38.6. The molecule has 4 N–H and O–H groups in total. The predicted octanol–water partition coefficient (Wildman–Crippen LogP) is 1.59. The number of aliphatic hydroxyl groups is 1. The topological polar surface area (TPSA) is 135 Å². The molecule has 2 fully saturated rings. The highest BCUT2D eigenvalue weighted by Gasteiger charge is 2.60. The zero-order valence-corrected chi connectivity index (χ0v) is 22.5. The van der Waals surface area contributed by atoms with Gasteiger partial charge in [-0.25, -0.2) is 4.79 Å². The summed E-state index contributed by atoms with van der Waals surface area (Å²) in [5, 5.41) is 17.6. The number of esters is 1. The van der Waals surface area contributed by atoms with Crippen LogP contribution in [0.3, 0.4) is 0 Å². The van der Waals surface area contributed by atoms with Gasteiger partial charge in [-0.3, -0.25) is 19.1 Å². The number of hydrogen-bond acceptors (Lipinski definition) is 8. The molecule has 0 amide bonds. The highest BCUT2D eigenvalue weighted by atomic mass is 79.9. The molecular weight excluding hydrogens is 520 g/mol. The summed E-state index contributed by atoms with van der Waals surface area (Å²) in [6, 6.07) is 0. The SMILES string of the molecule is C[C@]1(n2cc(Br)c(=O)[nH]c2=O)C[C@](C)(O)[C@@](C)(COC(=O)CNCCNCCC2CCCCC2)O1. The third-order valence-corrected chi connectivity index (χ3v) is 7.94. The molecule has 2 aliphatic rings. The Balaban J connectivity index is 1.43. The van der Waals surface area contributed by atoms with Crippen LogP contribution in [-0.2, 0) is 20.0 Å². The van der Waals surface area contributed by atoms with Crippen molar-refractivity contribution in [2.24, 2.45) is 5.92 Å². The maximum Gasteiger partial charge on any atom is 0.330 e. The largest absolute Gasteiger partial charge is 0.462 e. The molecule has 0 aromatic carbocycles. The van der Waals surface area contributed by atoms with Crippen LogP contribution in [0.15, 0.2) is 20.3 Å². The van der Waals surface area contributed by atoms with E-state index in [9.17, 15) is 19.5 Å². The molecule has 3 rings (SSSR count). The maximum absolute atomic E-state index is 12.4. The van der Waals surface area contributed by atoms with E-state index < -0.39 is 34.1 Å². The van der Waals surface area contributed by atoms with Crippen LogP contribution >= 0.6 is 15.9 Å². The molecule has 2 heterocycles. The van der Waals surface area contributed by atoms with Crippen molar-refractivity contribution in [3.05, 3.63) is 31.5 Å². The second-order valence-corrected chi connectivity index (χ2v) is 11.3. The summed E-state index contributed by atoms with van der Waals surface area (Å²) in [5.74, 6) is 0.396. The van der Waals surface area contributed by atoms with Crippen LogP contribution in [0.1, 0.15) is 65.7 Å². The number of rotatable bonds is 11. The molecule has 1 saturated heterocycles. The van der Waals surface area contributed by atoms with Crippen molar-refractivity contribution in [3.63, 3.8) is 0 Å². The zero-order valence-electron chi connectivity index (χ0n) is 21.0. The van der Waals surface area contributed by atoms with Crippen LogP contribution in [0.2, 0.25) is 0 Å². The van der Waals surface area contributed by atoms with Gasteiger partial charge in [-0.1, -0.05) is 32.1 Å². The first kappa shape index (κ1) is 28.0. The molecule has 198 valence electrons. The van der Waals surface area contributed by atoms with E-state index in [2.05, 4.69) is 31.5 Å². The molecule has 0 unspecified atom stereocenters. The van der Waals surface area contributed by atoms with Crippen LogP contribution < -0.4 is 21.9 Å². The van der Waals surface area contributed by atoms with Gasteiger partial charge in [0.25, 0.3) is 5.56 Å². The molecule has 0 radical (unpaired) electrons. The van der Waals surface area contributed by atoms with E-state index in [0.29, 0.717) is 6.54 Å². The number of aromatic amines is 1. The molecule has 35 heavy (non-hydrogen) atoms. The lowest BCUT2D eigenvalue weighted by atomic mass is 9.84. The fourth-order valence-electron chi connectivity index (χ4n) is 5.12. The molecule has 3 atom stereocenters. The van der Waals surface area contributed by atoms with Crippen molar-refractivity contribution < 1.29 is 19.4 Å². The molecule has 1 saturated carbocycles. The molecule has 1 aromatic rings. The Bertz CT molecular complexity index is 989. The zero-order chi connectivity index (χ0) is 25.7. The van der Waals surface area contributed by atoms with Crippen molar-refractivity contribution >= 4 is 21.9 Å². The van der Waals surface area contributed by atoms with Crippen molar-refractivity contribution in [2.75, 3.05) is 32.8 Å². The third kappa shape index (κ3) is 7.03. The molecule has 0 spiro atoms. The molecule has 1 aliphatic carbocycles. The quantitative estimate of drug-likeness (QED) is 0.237. The molecule has 0 bridgehead atoms. The fourth-order valence-corrected chi connectivity index (χ4v) is 5.42. The Morgan fingerprint density at radius 1 is 1.20 bits per heavy atom. The molecular formula is C24H39BrN4O6. The average molecular weight is 560 g/mol. The number of ether oxygens (including phenoxy) is 2. The van der Waals surface area contributed by atoms with Gasteiger partial charge in [0.05, 0.1) is 16.6 Å². The van der Waals surface area contributed by atoms with Crippen molar-refractivity contribution in [1.82, 2.24) is 20.2 Å². The van der Waals surface area contributed by atoms with E-state index in [-0.39, 0.29) is 24.0 Å². The Morgan fingerprint density at radius 2 is 1.89 bits per heavy atom. The van der Waals surface area contributed by atoms with Gasteiger partial charge >= 0.3 is 11.7 Å². The summed E-state index contributed by atoms with van der Waals surface area (Å²) in [5.41, 5.74) is -5.13. The van der Waals surface area contributed by atoms with Crippen molar-refractivity contribution in [1.29, 1.82) is 0 Å². The predicted molar refractivity (Wildman–Crippen MR) is 135 cm³/mol. The van der Waals surface area contributed by atoms with Gasteiger partial charge in [0.1, 0.15) is 17.9 Å². The lowest BCUT2D eigenvalue weighted by Crippen LogP contribution is -2.50. The Labute approximate surface area is 214 Å². The van der Waals surface area contributed by atoms with Crippen LogP contribution in [0.5, 0.6) is 0 Å². The van der Waals surface area contributed by atoms with E-state index in [1.807, 2.05) is 0 Å². The second kappa shape index (κ2) is 11.7. The second-order valence-electron chi connectivity index (χ2n) is 10.4. The van der Waals surface area contributed by atoms with Gasteiger partial charge < -0.3 is 25.2 Å². The Hall–Kier alpha value is -1.53. The van der Waals surface area contributed by atoms with E-state index in [0.717, 1.165) is 19.0 Å². The summed E-state index contributed by atoms with van der Waals surface area (Å²) in [7, 11) is 0. The van der Waals surface area contributed by atoms with E-state index in [1.54, 1.807) is 20.8 Å². The smallest absolute Gasteiger partial charge is 0.330 e. The van der Waals surface area contributed by atoms with E-state index in [4.69, 9.17) is 9.47 Å². The number of H-pyrrole nitrogens is 1. The summed E-state index contributed by atoms with van der Waals surface area (Å²) < 4.78 is 12.9. The lowest BCUT2D eigenvalue weighted by Gasteiger charge is -2.35. The Morgan fingerprint density at radius 3 is 2.60 bits per heavy atom. The first-order chi connectivity index (χ1) is 16.5. The van der Waals surface area contributed by atoms with Gasteiger partial charge in [-0.15, -0.1) is 0 Å².